The standard InChI is InChI=1S/C25H19ClN4O4/c1-14-27-21-9-6-17(11-22(21)34-14)29(2)23(32)13-30-25(33)20-12-18(31)7-8-19(20)24(28-30)15-4-3-5-16(26)10-15/h3-12,31H,13H2,1-2H3. The van der Waals surface area contributed by atoms with Crippen LogP contribution in [-0.2, 0) is 11.3 Å². The van der Waals surface area contributed by atoms with E-state index >= 15 is 0 Å². The van der Waals surface area contributed by atoms with Crippen molar-refractivity contribution in [2.75, 3.05) is 11.9 Å². The van der Waals surface area contributed by atoms with Crippen molar-refractivity contribution < 1.29 is 14.3 Å². The Balaban J connectivity index is 1.56. The fourth-order valence-corrected chi connectivity index (χ4v) is 4.04. The van der Waals surface area contributed by atoms with Crippen molar-refractivity contribution in [2.45, 2.75) is 13.5 Å². The van der Waals surface area contributed by atoms with E-state index in [-0.39, 0.29) is 23.6 Å². The smallest absolute Gasteiger partial charge is 0.275 e. The Hall–Kier alpha value is -4.17. The summed E-state index contributed by atoms with van der Waals surface area (Å²) in [6, 6.07) is 16.8. The lowest BCUT2D eigenvalue weighted by Gasteiger charge is -2.18. The zero-order valence-electron chi connectivity index (χ0n) is 18.3. The van der Waals surface area contributed by atoms with Gasteiger partial charge in [-0.2, -0.15) is 5.10 Å². The number of fused-ring (bicyclic) bond motifs is 2. The van der Waals surface area contributed by atoms with Gasteiger partial charge in [-0.3, -0.25) is 9.59 Å². The molecule has 0 aliphatic heterocycles. The number of aryl methyl sites for hydroxylation is 1. The number of benzene rings is 3. The molecule has 9 heteroatoms. The SMILES string of the molecule is Cc1nc2ccc(N(C)C(=O)Cn3nc(-c4cccc(Cl)c4)c4ccc(O)cc4c3=O)cc2o1. The highest BCUT2D eigenvalue weighted by atomic mass is 35.5. The number of aromatic hydroxyl groups is 1. The molecule has 0 radical (unpaired) electrons. The molecule has 3 aromatic carbocycles. The molecular formula is C25H19ClN4O4. The van der Waals surface area contributed by atoms with E-state index < -0.39 is 5.56 Å². The van der Waals surface area contributed by atoms with Crippen LogP contribution in [0.15, 0.2) is 69.9 Å². The Morgan fingerprint density at radius 2 is 1.94 bits per heavy atom. The summed E-state index contributed by atoms with van der Waals surface area (Å²) in [7, 11) is 1.61. The van der Waals surface area contributed by atoms with E-state index in [1.165, 1.54) is 17.0 Å². The van der Waals surface area contributed by atoms with Gasteiger partial charge < -0.3 is 14.4 Å². The molecule has 1 amide bonds. The summed E-state index contributed by atoms with van der Waals surface area (Å²) >= 11 is 6.17. The van der Waals surface area contributed by atoms with Gasteiger partial charge in [-0.15, -0.1) is 0 Å². The summed E-state index contributed by atoms with van der Waals surface area (Å²) in [4.78, 5) is 32.0. The Bertz CT molecular complexity index is 1640. The first-order valence-electron chi connectivity index (χ1n) is 10.4. The number of carbonyl (C=O) groups is 1. The molecule has 8 nitrogen and oxygen atoms in total. The van der Waals surface area contributed by atoms with Crippen LogP contribution in [0.1, 0.15) is 5.89 Å². The first-order valence-corrected chi connectivity index (χ1v) is 10.8. The molecule has 170 valence electrons. The molecule has 0 atom stereocenters. The van der Waals surface area contributed by atoms with Crippen LogP contribution in [0.2, 0.25) is 5.02 Å². The fourth-order valence-electron chi connectivity index (χ4n) is 3.85. The number of amides is 1. The molecular weight excluding hydrogens is 456 g/mol. The second-order valence-corrected chi connectivity index (χ2v) is 8.33. The second-order valence-electron chi connectivity index (χ2n) is 7.89. The lowest BCUT2D eigenvalue weighted by molar-refractivity contribution is -0.119. The highest BCUT2D eigenvalue weighted by Gasteiger charge is 2.18. The number of aromatic nitrogens is 3. The van der Waals surface area contributed by atoms with Gasteiger partial charge in [0.05, 0.1) is 11.1 Å². The number of phenolic OH excluding ortho intramolecular Hbond substituents is 1. The van der Waals surface area contributed by atoms with Crippen LogP contribution in [0.3, 0.4) is 0 Å². The van der Waals surface area contributed by atoms with Gasteiger partial charge in [0.15, 0.2) is 11.5 Å². The highest BCUT2D eigenvalue weighted by molar-refractivity contribution is 6.30. The number of halogens is 1. The normalized spacial score (nSPS) is 11.3. The van der Waals surface area contributed by atoms with Gasteiger partial charge in [0.25, 0.3) is 5.56 Å². The number of carbonyl (C=O) groups excluding carboxylic acids is 1. The van der Waals surface area contributed by atoms with Gasteiger partial charge in [0.2, 0.25) is 5.91 Å². The summed E-state index contributed by atoms with van der Waals surface area (Å²) in [6.07, 6.45) is 0. The van der Waals surface area contributed by atoms with Crippen LogP contribution >= 0.6 is 11.6 Å². The minimum absolute atomic E-state index is 0.0570. The van der Waals surface area contributed by atoms with Crippen molar-refractivity contribution in [2.24, 2.45) is 0 Å². The Morgan fingerprint density at radius 3 is 2.74 bits per heavy atom. The zero-order chi connectivity index (χ0) is 24.0. The molecule has 2 aromatic heterocycles. The first kappa shape index (κ1) is 21.7. The Kier molecular flexibility index (Phi) is 5.30. The summed E-state index contributed by atoms with van der Waals surface area (Å²) in [5, 5.41) is 15.8. The maximum atomic E-state index is 13.2. The highest BCUT2D eigenvalue weighted by Crippen LogP contribution is 2.29. The summed E-state index contributed by atoms with van der Waals surface area (Å²) < 4.78 is 6.66. The summed E-state index contributed by atoms with van der Waals surface area (Å²) in [5.74, 6) is 0.116. The van der Waals surface area contributed by atoms with E-state index in [4.69, 9.17) is 16.0 Å². The lowest BCUT2D eigenvalue weighted by atomic mass is 10.0. The predicted octanol–water partition coefficient (Wildman–Crippen LogP) is 4.54. The van der Waals surface area contributed by atoms with E-state index in [2.05, 4.69) is 10.1 Å². The van der Waals surface area contributed by atoms with Crippen molar-refractivity contribution >= 4 is 45.1 Å². The number of nitrogens with zero attached hydrogens (tertiary/aromatic N) is 4. The number of oxazole rings is 1. The third kappa shape index (κ3) is 3.88. The lowest BCUT2D eigenvalue weighted by Crippen LogP contribution is -2.35. The molecule has 0 unspecified atom stereocenters. The van der Waals surface area contributed by atoms with E-state index in [1.54, 1.807) is 56.4 Å². The molecule has 5 rings (SSSR count). The molecule has 34 heavy (non-hydrogen) atoms. The topological polar surface area (TPSA) is 101 Å². The Morgan fingerprint density at radius 1 is 1.12 bits per heavy atom. The van der Waals surface area contributed by atoms with Crippen LogP contribution in [0.5, 0.6) is 5.75 Å². The fraction of sp³-hybridized carbons (Fsp3) is 0.120. The van der Waals surface area contributed by atoms with Crippen LogP contribution in [0.4, 0.5) is 5.69 Å². The van der Waals surface area contributed by atoms with Gasteiger partial charge in [-0.25, -0.2) is 9.67 Å². The van der Waals surface area contributed by atoms with Crippen LogP contribution in [0.25, 0.3) is 33.1 Å². The molecule has 0 bridgehead atoms. The largest absolute Gasteiger partial charge is 0.508 e. The van der Waals surface area contributed by atoms with E-state index in [0.29, 0.717) is 44.3 Å². The van der Waals surface area contributed by atoms with Gasteiger partial charge in [0.1, 0.15) is 17.8 Å². The summed E-state index contributed by atoms with van der Waals surface area (Å²) in [6.45, 7) is 1.45. The number of hydrogen-bond donors (Lipinski definition) is 1. The minimum atomic E-state index is -0.486. The minimum Gasteiger partial charge on any atom is -0.508 e. The van der Waals surface area contributed by atoms with E-state index in [9.17, 15) is 14.7 Å². The van der Waals surface area contributed by atoms with E-state index in [1.807, 2.05) is 6.07 Å². The van der Waals surface area contributed by atoms with Crippen molar-refractivity contribution in [3.8, 4) is 17.0 Å². The monoisotopic (exact) mass is 474 g/mol. The number of hydrogen-bond acceptors (Lipinski definition) is 6. The average Bonchev–Trinajstić information content (AvgIpc) is 3.19. The van der Waals surface area contributed by atoms with Gasteiger partial charge >= 0.3 is 0 Å². The molecule has 2 heterocycles. The molecule has 5 aromatic rings. The Labute approximate surface area is 198 Å². The van der Waals surface area contributed by atoms with Crippen molar-refractivity contribution in [3.05, 3.63) is 81.9 Å². The van der Waals surface area contributed by atoms with Crippen LogP contribution in [0, 0.1) is 6.92 Å². The van der Waals surface area contributed by atoms with Crippen molar-refractivity contribution in [1.29, 1.82) is 0 Å². The first-order chi connectivity index (χ1) is 16.3. The van der Waals surface area contributed by atoms with Crippen molar-refractivity contribution in [3.63, 3.8) is 0 Å². The zero-order valence-corrected chi connectivity index (χ0v) is 19.1. The van der Waals surface area contributed by atoms with Crippen molar-refractivity contribution in [1.82, 2.24) is 14.8 Å². The van der Waals surface area contributed by atoms with Gasteiger partial charge in [-0.05, 0) is 42.5 Å². The predicted molar refractivity (Wildman–Crippen MR) is 130 cm³/mol. The molecule has 1 N–H and O–H groups in total. The third-order valence-corrected chi connectivity index (χ3v) is 5.80. The molecule has 0 spiro atoms. The van der Waals surface area contributed by atoms with Gasteiger partial charge in [-0.1, -0.05) is 23.7 Å². The average molecular weight is 475 g/mol. The maximum Gasteiger partial charge on any atom is 0.275 e. The van der Waals surface area contributed by atoms with Crippen LogP contribution < -0.4 is 10.5 Å². The molecule has 0 saturated heterocycles. The number of phenols is 1. The second kappa shape index (κ2) is 8.31. The summed E-state index contributed by atoms with van der Waals surface area (Å²) in [5.41, 5.74) is 2.53. The number of likely N-dealkylation sites (N-methyl/N-ethyl adjacent to an activating group) is 1. The van der Waals surface area contributed by atoms with E-state index in [0.717, 1.165) is 4.68 Å². The van der Waals surface area contributed by atoms with Gasteiger partial charge in [0, 0.05) is 41.7 Å². The number of anilines is 1. The number of rotatable bonds is 4. The molecule has 0 aliphatic carbocycles. The molecule has 0 saturated carbocycles. The van der Waals surface area contributed by atoms with Crippen LogP contribution in [-0.4, -0.2) is 32.8 Å². The molecule has 0 aliphatic rings. The molecule has 0 fully saturated rings. The maximum absolute atomic E-state index is 13.2. The quantitative estimate of drug-likeness (QED) is 0.410. The third-order valence-electron chi connectivity index (χ3n) is 5.57.